The van der Waals surface area contributed by atoms with E-state index in [2.05, 4.69) is 11.2 Å². The van der Waals surface area contributed by atoms with Gasteiger partial charge in [-0.1, -0.05) is 35.5 Å². The number of hydrogen-bond donors (Lipinski definition) is 1. The highest BCUT2D eigenvalue weighted by Gasteiger charge is 2.18. The first-order valence-electron chi connectivity index (χ1n) is 9.53. The number of carboxylic acids is 1. The van der Waals surface area contributed by atoms with Gasteiger partial charge in [0.2, 0.25) is 0 Å². The van der Waals surface area contributed by atoms with Crippen LogP contribution in [-0.2, 0) is 11.3 Å². The van der Waals surface area contributed by atoms with E-state index >= 15 is 0 Å². The summed E-state index contributed by atoms with van der Waals surface area (Å²) < 4.78 is 11.4. The van der Waals surface area contributed by atoms with Crippen molar-refractivity contribution >= 4 is 5.97 Å². The number of ether oxygens (including phenoxy) is 1. The molecular weight excluding hydrogens is 382 g/mol. The van der Waals surface area contributed by atoms with E-state index in [1.165, 1.54) is 0 Å². The van der Waals surface area contributed by atoms with Crippen LogP contribution in [-0.4, -0.2) is 34.2 Å². The highest BCUT2D eigenvalue weighted by molar-refractivity contribution is 5.72. The van der Waals surface area contributed by atoms with E-state index in [-0.39, 0.29) is 6.10 Å². The maximum atomic E-state index is 11.1. The van der Waals surface area contributed by atoms with Crippen LogP contribution in [0, 0.1) is 11.3 Å². The molecule has 0 aliphatic rings. The van der Waals surface area contributed by atoms with E-state index in [0.29, 0.717) is 34.9 Å². The first-order chi connectivity index (χ1) is 14.4. The van der Waals surface area contributed by atoms with E-state index < -0.39 is 12.0 Å². The van der Waals surface area contributed by atoms with Crippen molar-refractivity contribution < 1.29 is 19.2 Å². The number of nitriles is 1. The van der Waals surface area contributed by atoms with Crippen LogP contribution in [0.25, 0.3) is 11.3 Å². The zero-order valence-corrected chi connectivity index (χ0v) is 17.1. The minimum absolute atomic E-state index is 0.374. The van der Waals surface area contributed by atoms with Crippen molar-refractivity contribution in [2.45, 2.75) is 32.5 Å². The molecule has 0 aliphatic heterocycles. The monoisotopic (exact) mass is 405 g/mol. The van der Waals surface area contributed by atoms with Crippen LogP contribution in [0.4, 0.5) is 0 Å². The molecule has 2 atom stereocenters. The van der Waals surface area contributed by atoms with Gasteiger partial charge in [-0.25, -0.2) is 0 Å². The maximum Gasteiger partial charge on any atom is 0.320 e. The van der Waals surface area contributed by atoms with E-state index in [1.54, 1.807) is 37.1 Å². The van der Waals surface area contributed by atoms with Gasteiger partial charge in [0, 0.05) is 18.2 Å². The Morgan fingerprint density at radius 2 is 1.93 bits per heavy atom. The molecule has 0 aliphatic carbocycles. The molecule has 154 valence electrons. The summed E-state index contributed by atoms with van der Waals surface area (Å²) in [6.45, 7) is 4.03. The van der Waals surface area contributed by atoms with Gasteiger partial charge in [0.15, 0.2) is 11.9 Å². The molecule has 3 rings (SSSR count). The number of carbonyl (C=O) groups is 1. The Labute approximate surface area is 175 Å². The molecule has 0 saturated carbocycles. The van der Waals surface area contributed by atoms with Gasteiger partial charge in [0.1, 0.15) is 17.5 Å². The number of hydrogen-bond acceptors (Lipinski definition) is 6. The average Bonchev–Trinajstić information content (AvgIpc) is 3.24. The summed E-state index contributed by atoms with van der Waals surface area (Å²) in [5, 5.41) is 22.4. The number of nitrogens with zero attached hydrogens (tertiary/aromatic N) is 3. The average molecular weight is 405 g/mol. The molecule has 0 spiro atoms. The molecule has 0 amide bonds. The van der Waals surface area contributed by atoms with Crippen molar-refractivity contribution in [3.8, 4) is 23.1 Å². The SMILES string of the molecule is CC(C(=O)O)N(C)Cc1ccc(O[C@@H](C)c2cc(-c3ccccc3C#N)no2)cc1. The van der Waals surface area contributed by atoms with Gasteiger partial charge in [0.25, 0.3) is 0 Å². The van der Waals surface area contributed by atoms with Crippen molar-refractivity contribution in [3.05, 3.63) is 71.5 Å². The van der Waals surface area contributed by atoms with Crippen molar-refractivity contribution in [2.75, 3.05) is 7.05 Å². The summed E-state index contributed by atoms with van der Waals surface area (Å²) in [6, 6.07) is 18.1. The largest absolute Gasteiger partial charge is 0.483 e. The lowest BCUT2D eigenvalue weighted by Crippen LogP contribution is -2.35. The van der Waals surface area contributed by atoms with Gasteiger partial charge >= 0.3 is 5.97 Å². The number of benzene rings is 2. The molecule has 2 aromatic carbocycles. The number of likely N-dealkylation sites (N-methyl/N-ethyl adjacent to an activating group) is 1. The molecule has 7 nitrogen and oxygen atoms in total. The third-order valence-corrected chi connectivity index (χ3v) is 4.94. The summed E-state index contributed by atoms with van der Waals surface area (Å²) in [6.07, 6.45) is -0.374. The summed E-state index contributed by atoms with van der Waals surface area (Å²) in [4.78, 5) is 12.8. The topological polar surface area (TPSA) is 99.6 Å². The standard InChI is InChI=1S/C23H23N3O4/c1-15(23(27)28)26(3)14-17-8-10-19(11-9-17)29-16(2)22-12-21(25-30-22)20-7-5-4-6-18(20)13-24/h4-12,15-16H,14H2,1-3H3,(H,27,28)/t15?,16-/m0/s1. The van der Waals surface area contributed by atoms with Gasteiger partial charge in [-0.05, 0) is 44.7 Å². The Kier molecular flexibility index (Phi) is 6.50. The molecular formula is C23H23N3O4. The first kappa shape index (κ1) is 21.1. The molecule has 0 saturated heterocycles. The molecule has 30 heavy (non-hydrogen) atoms. The molecule has 1 N–H and O–H groups in total. The first-order valence-corrected chi connectivity index (χ1v) is 9.53. The number of rotatable bonds is 8. The Morgan fingerprint density at radius 1 is 1.23 bits per heavy atom. The molecule has 1 unspecified atom stereocenters. The van der Waals surface area contributed by atoms with Crippen molar-refractivity contribution in [1.82, 2.24) is 10.1 Å². The zero-order chi connectivity index (χ0) is 21.7. The number of aromatic nitrogens is 1. The van der Waals surface area contributed by atoms with Gasteiger partial charge in [-0.15, -0.1) is 0 Å². The maximum absolute atomic E-state index is 11.1. The second-order valence-corrected chi connectivity index (χ2v) is 7.11. The quantitative estimate of drug-likeness (QED) is 0.598. The van der Waals surface area contributed by atoms with Crippen molar-refractivity contribution in [3.63, 3.8) is 0 Å². The molecule has 1 heterocycles. The van der Waals surface area contributed by atoms with Crippen LogP contribution in [0.3, 0.4) is 0 Å². The van der Waals surface area contributed by atoms with Crippen LogP contribution >= 0.6 is 0 Å². The zero-order valence-electron chi connectivity index (χ0n) is 17.1. The fourth-order valence-corrected chi connectivity index (χ4v) is 2.96. The summed E-state index contributed by atoms with van der Waals surface area (Å²) in [5.41, 5.74) is 2.82. The predicted octanol–water partition coefficient (Wildman–Crippen LogP) is 4.26. The second-order valence-electron chi connectivity index (χ2n) is 7.11. The van der Waals surface area contributed by atoms with E-state index in [1.807, 2.05) is 43.3 Å². The molecule has 0 bridgehead atoms. The van der Waals surface area contributed by atoms with Crippen LogP contribution in [0.2, 0.25) is 0 Å². The van der Waals surface area contributed by atoms with Crippen LogP contribution < -0.4 is 4.74 Å². The van der Waals surface area contributed by atoms with Crippen molar-refractivity contribution in [2.24, 2.45) is 0 Å². The predicted molar refractivity (Wildman–Crippen MR) is 111 cm³/mol. The molecule has 3 aromatic rings. The van der Waals surface area contributed by atoms with Crippen LogP contribution in [0.5, 0.6) is 5.75 Å². The van der Waals surface area contributed by atoms with Gasteiger partial charge in [0.05, 0.1) is 11.6 Å². The molecule has 1 aromatic heterocycles. The summed E-state index contributed by atoms with van der Waals surface area (Å²) in [5.74, 6) is 0.363. The second kappa shape index (κ2) is 9.25. The molecule has 7 heteroatoms. The number of carboxylic acid groups (broad SMARTS) is 1. The van der Waals surface area contributed by atoms with Gasteiger partial charge in [-0.3, -0.25) is 9.69 Å². The third kappa shape index (κ3) is 4.85. The molecule has 0 radical (unpaired) electrons. The fourth-order valence-electron chi connectivity index (χ4n) is 2.96. The summed E-state index contributed by atoms with van der Waals surface area (Å²) in [7, 11) is 1.78. The van der Waals surface area contributed by atoms with Gasteiger partial charge in [-0.2, -0.15) is 5.26 Å². The Morgan fingerprint density at radius 3 is 2.60 bits per heavy atom. The Balaban J connectivity index is 1.65. The Bertz CT molecular complexity index is 1050. The van der Waals surface area contributed by atoms with E-state index in [9.17, 15) is 10.1 Å². The highest BCUT2D eigenvalue weighted by Crippen LogP contribution is 2.28. The smallest absolute Gasteiger partial charge is 0.320 e. The summed E-state index contributed by atoms with van der Waals surface area (Å²) >= 11 is 0. The lowest BCUT2D eigenvalue weighted by Gasteiger charge is -2.21. The lowest BCUT2D eigenvalue weighted by molar-refractivity contribution is -0.142. The van der Waals surface area contributed by atoms with Crippen LogP contribution in [0.1, 0.15) is 36.8 Å². The fraction of sp³-hybridized carbons (Fsp3) is 0.261. The van der Waals surface area contributed by atoms with Crippen LogP contribution in [0.15, 0.2) is 59.1 Å². The lowest BCUT2D eigenvalue weighted by atomic mass is 10.1. The minimum atomic E-state index is -0.852. The third-order valence-electron chi connectivity index (χ3n) is 4.94. The molecule has 0 fully saturated rings. The number of aliphatic carboxylic acids is 1. The minimum Gasteiger partial charge on any atom is -0.483 e. The van der Waals surface area contributed by atoms with E-state index in [0.717, 1.165) is 5.56 Å². The highest BCUT2D eigenvalue weighted by atomic mass is 16.5. The van der Waals surface area contributed by atoms with Crippen molar-refractivity contribution in [1.29, 1.82) is 5.26 Å². The van der Waals surface area contributed by atoms with Gasteiger partial charge < -0.3 is 14.4 Å². The van der Waals surface area contributed by atoms with E-state index in [4.69, 9.17) is 14.4 Å². The normalized spacial score (nSPS) is 12.9. The Hall–Kier alpha value is -3.63.